The monoisotopic (exact) mass is 341 g/mol. The van der Waals surface area contributed by atoms with Gasteiger partial charge in [-0.1, -0.05) is 18.2 Å². The Morgan fingerprint density at radius 3 is 2.68 bits per heavy atom. The first-order chi connectivity index (χ1) is 12.2. The van der Waals surface area contributed by atoms with Crippen molar-refractivity contribution in [3.05, 3.63) is 42.0 Å². The molecule has 0 aromatic heterocycles. The van der Waals surface area contributed by atoms with Crippen LogP contribution < -0.4 is 4.74 Å². The Kier molecular flexibility index (Phi) is 4.67. The highest BCUT2D eigenvalue weighted by Gasteiger charge is 2.43. The third kappa shape index (κ3) is 3.39. The molecular weight excluding hydrogens is 314 g/mol. The maximum atomic E-state index is 10.4. The van der Waals surface area contributed by atoms with Gasteiger partial charge in [-0.2, -0.15) is 0 Å². The molecule has 0 unspecified atom stereocenters. The number of fused-ring (bicyclic) bond motifs is 1. The minimum absolute atomic E-state index is 0.283. The maximum Gasteiger partial charge on any atom is 0.119 e. The molecule has 2 aromatic rings. The quantitative estimate of drug-likeness (QED) is 0.930. The van der Waals surface area contributed by atoms with Crippen LogP contribution in [-0.4, -0.2) is 48.5 Å². The zero-order valence-electron chi connectivity index (χ0n) is 14.9. The van der Waals surface area contributed by atoms with E-state index in [1.807, 2.05) is 6.07 Å². The highest BCUT2D eigenvalue weighted by molar-refractivity contribution is 5.84. The van der Waals surface area contributed by atoms with Crippen molar-refractivity contribution < 1.29 is 14.6 Å². The predicted molar refractivity (Wildman–Crippen MR) is 98.9 cm³/mol. The lowest BCUT2D eigenvalue weighted by Crippen LogP contribution is -2.55. The average Bonchev–Trinajstić information content (AvgIpc) is 2.65. The second kappa shape index (κ2) is 6.94. The molecule has 134 valence electrons. The highest BCUT2D eigenvalue weighted by atomic mass is 16.5. The molecule has 1 atom stereocenters. The fourth-order valence-electron chi connectivity index (χ4n) is 4.24. The normalized spacial score (nSPS) is 23.8. The zero-order chi connectivity index (χ0) is 17.3. The molecule has 0 aliphatic carbocycles. The second-order valence-corrected chi connectivity index (χ2v) is 7.39. The van der Waals surface area contributed by atoms with E-state index in [0.29, 0.717) is 0 Å². The number of hydrogen-bond acceptors (Lipinski definition) is 4. The van der Waals surface area contributed by atoms with E-state index in [0.717, 1.165) is 57.7 Å². The Morgan fingerprint density at radius 2 is 1.92 bits per heavy atom. The number of likely N-dealkylation sites (tertiary alicyclic amines) is 1. The summed E-state index contributed by atoms with van der Waals surface area (Å²) in [6.07, 6.45) is 3.43. The fraction of sp³-hybridized carbons (Fsp3) is 0.524. The van der Waals surface area contributed by atoms with Gasteiger partial charge >= 0.3 is 0 Å². The predicted octanol–water partition coefficient (Wildman–Crippen LogP) is 3.35. The van der Waals surface area contributed by atoms with Gasteiger partial charge in [0.1, 0.15) is 5.75 Å². The summed E-state index contributed by atoms with van der Waals surface area (Å²) < 4.78 is 11.3. The lowest BCUT2D eigenvalue weighted by atomic mass is 9.82. The van der Waals surface area contributed by atoms with Crippen molar-refractivity contribution >= 4 is 10.8 Å². The van der Waals surface area contributed by atoms with E-state index < -0.39 is 0 Å². The summed E-state index contributed by atoms with van der Waals surface area (Å²) in [6, 6.07) is 12.9. The number of benzene rings is 2. The van der Waals surface area contributed by atoms with Gasteiger partial charge in [0.25, 0.3) is 0 Å². The van der Waals surface area contributed by atoms with Crippen LogP contribution in [-0.2, 0) is 11.3 Å². The Morgan fingerprint density at radius 1 is 1.16 bits per heavy atom. The Labute approximate surface area is 149 Å². The zero-order valence-corrected chi connectivity index (χ0v) is 14.9. The molecule has 2 fully saturated rings. The number of aliphatic hydroxyl groups is 1. The Balaban J connectivity index is 1.42. The lowest BCUT2D eigenvalue weighted by molar-refractivity contribution is -0.177. The summed E-state index contributed by atoms with van der Waals surface area (Å²) in [5, 5.41) is 12.8. The molecule has 25 heavy (non-hydrogen) atoms. The number of methoxy groups -OCH3 is 1. The average molecular weight is 341 g/mol. The van der Waals surface area contributed by atoms with E-state index in [4.69, 9.17) is 9.47 Å². The smallest absolute Gasteiger partial charge is 0.119 e. The molecule has 2 aliphatic heterocycles. The number of piperidine rings is 1. The van der Waals surface area contributed by atoms with Gasteiger partial charge in [-0.15, -0.1) is 0 Å². The molecule has 1 N–H and O–H groups in total. The molecule has 0 radical (unpaired) electrons. The summed E-state index contributed by atoms with van der Waals surface area (Å²) in [7, 11) is 1.70. The number of ether oxygens (including phenoxy) is 2. The molecule has 0 saturated carbocycles. The van der Waals surface area contributed by atoms with Gasteiger partial charge in [0.15, 0.2) is 0 Å². The van der Waals surface area contributed by atoms with E-state index >= 15 is 0 Å². The van der Waals surface area contributed by atoms with Crippen molar-refractivity contribution in [2.24, 2.45) is 0 Å². The lowest BCUT2D eigenvalue weighted by Gasteiger charge is -2.46. The number of aliphatic hydroxyl groups excluding tert-OH is 1. The van der Waals surface area contributed by atoms with Crippen LogP contribution in [0.5, 0.6) is 5.75 Å². The molecule has 4 rings (SSSR count). The van der Waals surface area contributed by atoms with Crippen LogP contribution in [0.25, 0.3) is 10.8 Å². The molecule has 4 heteroatoms. The molecule has 0 bridgehead atoms. The van der Waals surface area contributed by atoms with E-state index in [9.17, 15) is 5.11 Å². The molecular formula is C21H27NO3. The van der Waals surface area contributed by atoms with Gasteiger partial charge in [0.2, 0.25) is 0 Å². The molecule has 4 nitrogen and oxygen atoms in total. The first-order valence-electron chi connectivity index (χ1n) is 9.30. The van der Waals surface area contributed by atoms with Crippen molar-refractivity contribution in [1.29, 1.82) is 0 Å². The molecule has 2 heterocycles. The third-order valence-electron chi connectivity index (χ3n) is 5.84. The third-order valence-corrected chi connectivity index (χ3v) is 5.84. The summed E-state index contributed by atoms with van der Waals surface area (Å²) >= 11 is 0. The van der Waals surface area contributed by atoms with Gasteiger partial charge in [-0.3, -0.25) is 4.90 Å². The minimum atomic E-state index is -0.293. The van der Waals surface area contributed by atoms with E-state index in [-0.39, 0.29) is 11.7 Å². The van der Waals surface area contributed by atoms with Crippen LogP contribution in [0.3, 0.4) is 0 Å². The van der Waals surface area contributed by atoms with Crippen molar-refractivity contribution in [3.63, 3.8) is 0 Å². The second-order valence-electron chi connectivity index (χ2n) is 7.39. The van der Waals surface area contributed by atoms with Crippen molar-refractivity contribution in [1.82, 2.24) is 4.90 Å². The summed E-state index contributed by atoms with van der Waals surface area (Å²) in [5.74, 6) is 0.896. The first kappa shape index (κ1) is 16.8. The van der Waals surface area contributed by atoms with Crippen LogP contribution >= 0.6 is 0 Å². The molecule has 2 saturated heterocycles. The highest BCUT2D eigenvalue weighted by Crippen LogP contribution is 2.35. The molecule has 0 amide bonds. The van der Waals surface area contributed by atoms with Crippen molar-refractivity contribution in [2.45, 2.75) is 43.9 Å². The van der Waals surface area contributed by atoms with Gasteiger partial charge in [0, 0.05) is 26.2 Å². The fourth-order valence-corrected chi connectivity index (χ4v) is 4.24. The van der Waals surface area contributed by atoms with Gasteiger partial charge < -0.3 is 14.6 Å². The summed E-state index contributed by atoms with van der Waals surface area (Å²) in [6.45, 7) is 3.72. The SMILES string of the molecule is COc1ccc2cc(CN3CCC4(CC3)OCCC[C@H]4O)ccc2c1. The van der Waals surface area contributed by atoms with Crippen molar-refractivity contribution in [2.75, 3.05) is 26.8 Å². The van der Waals surface area contributed by atoms with E-state index in [2.05, 4.69) is 35.2 Å². The molecule has 2 aromatic carbocycles. The number of nitrogens with zero attached hydrogens (tertiary/aromatic N) is 1. The molecule has 1 spiro atoms. The van der Waals surface area contributed by atoms with E-state index in [1.165, 1.54) is 16.3 Å². The standard InChI is InChI=1S/C21H27NO3/c1-24-19-7-6-17-13-16(4-5-18(17)14-19)15-22-10-8-21(9-11-22)20(23)3-2-12-25-21/h4-7,13-14,20,23H,2-3,8-12,15H2,1H3/t20-/m1/s1. The van der Waals surface area contributed by atoms with Crippen LogP contribution in [0.1, 0.15) is 31.2 Å². The van der Waals surface area contributed by atoms with Crippen LogP contribution in [0.15, 0.2) is 36.4 Å². The summed E-state index contributed by atoms with van der Waals surface area (Å²) in [5.41, 5.74) is 1.05. The van der Waals surface area contributed by atoms with Crippen LogP contribution in [0, 0.1) is 0 Å². The largest absolute Gasteiger partial charge is 0.497 e. The van der Waals surface area contributed by atoms with Gasteiger partial charge in [-0.25, -0.2) is 0 Å². The number of hydrogen-bond donors (Lipinski definition) is 1. The topological polar surface area (TPSA) is 41.9 Å². The van der Waals surface area contributed by atoms with Gasteiger partial charge in [0.05, 0.1) is 18.8 Å². The molecule has 2 aliphatic rings. The van der Waals surface area contributed by atoms with E-state index in [1.54, 1.807) is 7.11 Å². The number of rotatable bonds is 3. The summed E-state index contributed by atoms with van der Waals surface area (Å²) in [4.78, 5) is 2.47. The Hall–Kier alpha value is -1.62. The van der Waals surface area contributed by atoms with Gasteiger partial charge in [-0.05, 0) is 60.2 Å². The maximum absolute atomic E-state index is 10.4. The Bertz CT molecular complexity index is 737. The first-order valence-corrected chi connectivity index (χ1v) is 9.30. The van der Waals surface area contributed by atoms with Crippen molar-refractivity contribution in [3.8, 4) is 5.75 Å². The van der Waals surface area contributed by atoms with Crippen LogP contribution in [0.4, 0.5) is 0 Å². The minimum Gasteiger partial charge on any atom is -0.497 e. The van der Waals surface area contributed by atoms with Crippen LogP contribution in [0.2, 0.25) is 0 Å².